The number of rotatable bonds is 8. The lowest BCUT2D eigenvalue weighted by Crippen LogP contribution is -2.30. The summed E-state index contributed by atoms with van der Waals surface area (Å²) in [5, 5.41) is 5.65. The number of aryl methyl sites for hydroxylation is 1. The highest BCUT2D eigenvalue weighted by Gasteiger charge is 2.17. The van der Waals surface area contributed by atoms with Crippen molar-refractivity contribution in [2.45, 2.75) is 46.0 Å². The Labute approximate surface area is 157 Å². The van der Waals surface area contributed by atoms with Gasteiger partial charge in [0.1, 0.15) is 5.75 Å². The van der Waals surface area contributed by atoms with Gasteiger partial charge in [-0.1, -0.05) is 50.6 Å². The molecule has 0 heterocycles. The van der Waals surface area contributed by atoms with Gasteiger partial charge in [0.15, 0.2) is 0 Å². The first kappa shape index (κ1) is 19.8. The summed E-state index contributed by atoms with van der Waals surface area (Å²) in [6.45, 7) is 9.85. The molecule has 0 aliphatic carbocycles. The third-order valence-electron chi connectivity index (χ3n) is 4.70. The van der Waals surface area contributed by atoms with E-state index in [0.29, 0.717) is 13.2 Å². The smallest absolute Gasteiger partial charge is 0.319 e. The van der Waals surface area contributed by atoms with Crippen LogP contribution >= 0.6 is 0 Å². The topological polar surface area (TPSA) is 50.4 Å². The lowest BCUT2D eigenvalue weighted by Gasteiger charge is -2.23. The zero-order valence-electron chi connectivity index (χ0n) is 16.3. The second-order valence-corrected chi connectivity index (χ2v) is 7.21. The Morgan fingerprint density at radius 3 is 2.31 bits per heavy atom. The van der Waals surface area contributed by atoms with Gasteiger partial charge >= 0.3 is 6.03 Å². The van der Waals surface area contributed by atoms with E-state index in [1.165, 1.54) is 11.1 Å². The highest BCUT2D eigenvalue weighted by atomic mass is 16.5. The maximum absolute atomic E-state index is 11.8. The Bertz CT molecular complexity index is 691. The van der Waals surface area contributed by atoms with Crippen molar-refractivity contribution in [2.24, 2.45) is 0 Å². The SMILES string of the molecule is CCC(C)(C)c1ccc(OCCCNC(=O)Nc2ccc(C)cc2)cc1. The minimum absolute atomic E-state index is 0.188. The molecule has 0 aliphatic rings. The van der Waals surface area contributed by atoms with Gasteiger partial charge < -0.3 is 15.4 Å². The van der Waals surface area contributed by atoms with Crippen LogP contribution in [0.1, 0.15) is 44.7 Å². The average Bonchev–Trinajstić information content (AvgIpc) is 2.64. The van der Waals surface area contributed by atoms with Crippen LogP contribution in [0, 0.1) is 6.92 Å². The fraction of sp³-hybridized carbons (Fsp3) is 0.409. The molecule has 4 heteroatoms. The van der Waals surface area contributed by atoms with Gasteiger partial charge in [-0.2, -0.15) is 0 Å². The lowest BCUT2D eigenvalue weighted by atomic mass is 9.82. The molecule has 2 amide bonds. The number of anilines is 1. The molecule has 0 bridgehead atoms. The number of nitrogens with one attached hydrogen (secondary N) is 2. The molecule has 4 nitrogen and oxygen atoms in total. The van der Waals surface area contributed by atoms with Crippen LogP contribution in [0.2, 0.25) is 0 Å². The number of benzene rings is 2. The Kier molecular flexibility index (Phi) is 7.07. The van der Waals surface area contributed by atoms with Gasteiger partial charge in [-0.3, -0.25) is 0 Å². The molecule has 0 unspecified atom stereocenters. The Balaban J connectivity index is 1.65. The molecule has 0 fully saturated rings. The van der Waals surface area contributed by atoms with Crippen LogP contribution in [0.3, 0.4) is 0 Å². The predicted molar refractivity (Wildman–Crippen MR) is 108 cm³/mol. The molecule has 0 spiro atoms. The number of hydrogen-bond donors (Lipinski definition) is 2. The van der Waals surface area contributed by atoms with Crippen molar-refractivity contribution in [3.05, 3.63) is 59.7 Å². The first-order chi connectivity index (χ1) is 12.4. The summed E-state index contributed by atoms with van der Waals surface area (Å²) in [5.74, 6) is 0.866. The van der Waals surface area contributed by atoms with Crippen molar-refractivity contribution in [3.8, 4) is 5.75 Å². The van der Waals surface area contributed by atoms with Gasteiger partial charge in [0.05, 0.1) is 6.61 Å². The van der Waals surface area contributed by atoms with Gasteiger partial charge in [0.25, 0.3) is 0 Å². The minimum atomic E-state index is -0.194. The standard InChI is InChI=1S/C22H30N2O2/c1-5-22(3,4)18-9-13-20(14-10-18)26-16-6-15-23-21(25)24-19-11-7-17(2)8-12-19/h7-14H,5-6,15-16H2,1-4H3,(H2,23,24,25). The lowest BCUT2D eigenvalue weighted by molar-refractivity contribution is 0.250. The molecular weight excluding hydrogens is 324 g/mol. The molecule has 0 aliphatic heterocycles. The summed E-state index contributed by atoms with van der Waals surface area (Å²) >= 11 is 0. The maximum Gasteiger partial charge on any atom is 0.319 e. The van der Waals surface area contributed by atoms with Crippen LogP contribution < -0.4 is 15.4 Å². The van der Waals surface area contributed by atoms with E-state index in [9.17, 15) is 4.79 Å². The summed E-state index contributed by atoms with van der Waals surface area (Å²) in [5.41, 5.74) is 3.47. The number of urea groups is 1. The fourth-order valence-electron chi connectivity index (χ4n) is 2.48. The van der Waals surface area contributed by atoms with Crippen molar-refractivity contribution in [1.82, 2.24) is 5.32 Å². The normalized spacial score (nSPS) is 11.1. The second-order valence-electron chi connectivity index (χ2n) is 7.21. The summed E-state index contributed by atoms with van der Waals surface area (Å²) in [4.78, 5) is 11.8. The van der Waals surface area contributed by atoms with Crippen molar-refractivity contribution >= 4 is 11.7 Å². The van der Waals surface area contributed by atoms with Crippen molar-refractivity contribution < 1.29 is 9.53 Å². The molecule has 140 valence electrons. The first-order valence-electron chi connectivity index (χ1n) is 9.25. The van der Waals surface area contributed by atoms with E-state index < -0.39 is 0 Å². The Morgan fingerprint density at radius 2 is 1.69 bits per heavy atom. The molecule has 0 saturated carbocycles. The maximum atomic E-state index is 11.8. The highest BCUT2D eigenvalue weighted by Crippen LogP contribution is 2.28. The highest BCUT2D eigenvalue weighted by molar-refractivity contribution is 5.89. The molecule has 0 saturated heterocycles. The van der Waals surface area contributed by atoms with E-state index in [1.807, 2.05) is 43.3 Å². The second kappa shape index (κ2) is 9.27. The third kappa shape index (κ3) is 6.10. The molecule has 0 aromatic heterocycles. The number of ether oxygens (including phenoxy) is 1. The van der Waals surface area contributed by atoms with Crippen LogP contribution in [0.4, 0.5) is 10.5 Å². The average molecular weight is 354 g/mol. The summed E-state index contributed by atoms with van der Waals surface area (Å²) in [6, 6.07) is 15.8. The zero-order chi connectivity index (χ0) is 19.0. The van der Waals surface area contributed by atoms with E-state index in [1.54, 1.807) is 0 Å². The quantitative estimate of drug-likeness (QED) is 0.634. The van der Waals surface area contributed by atoms with Gasteiger partial charge in [0, 0.05) is 12.2 Å². The van der Waals surface area contributed by atoms with E-state index in [2.05, 4.69) is 43.5 Å². The monoisotopic (exact) mass is 354 g/mol. The summed E-state index contributed by atoms with van der Waals surface area (Å²) < 4.78 is 5.75. The number of hydrogen-bond acceptors (Lipinski definition) is 2. The minimum Gasteiger partial charge on any atom is -0.494 e. The van der Waals surface area contributed by atoms with Crippen LogP contribution in [-0.4, -0.2) is 19.2 Å². The molecule has 0 atom stereocenters. The van der Waals surface area contributed by atoms with Gasteiger partial charge in [-0.05, 0) is 55.0 Å². The van der Waals surface area contributed by atoms with E-state index in [4.69, 9.17) is 4.74 Å². The van der Waals surface area contributed by atoms with Crippen molar-refractivity contribution in [1.29, 1.82) is 0 Å². The largest absolute Gasteiger partial charge is 0.494 e. The summed E-state index contributed by atoms with van der Waals surface area (Å²) in [7, 11) is 0. The van der Waals surface area contributed by atoms with Crippen molar-refractivity contribution in [2.75, 3.05) is 18.5 Å². The predicted octanol–water partition coefficient (Wildman–Crippen LogP) is 5.27. The van der Waals surface area contributed by atoms with E-state index in [-0.39, 0.29) is 11.4 Å². The molecule has 26 heavy (non-hydrogen) atoms. The molecular formula is C22H30N2O2. The third-order valence-corrected chi connectivity index (χ3v) is 4.70. The molecule has 2 aromatic carbocycles. The Morgan fingerprint density at radius 1 is 1.04 bits per heavy atom. The van der Waals surface area contributed by atoms with Crippen molar-refractivity contribution in [3.63, 3.8) is 0 Å². The molecule has 2 rings (SSSR count). The van der Waals surface area contributed by atoms with E-state index >= 15 is 0 Å². The van der Waals surface area contributed by atoms with Crippen LogP contribution in [0.15, 0.2) is 48.5 Å². The molecule has 2 N–H and O–H groups in total. The number of carbonyl (C=O) groups is 1. The van der Waals surface area contributed by atoms with Crippen LogP contribution in [0.25, 0.3) is 0 Å². The molecule has 2 aromatic rings. The van der Waals surface area contributed by atoms with E-state index in [0.717, 1.165) is 24.3 Å². The Hall–Kier alpha value is -2.49. The van der Waals surface area contributed by atoms with Crippen LogP contribution in [-0.2, 0) is 5.41 Å². The number of amides is 2. The number of carbonyl (C=O) groups excluding carboxylic acids is 1. The molecule has 0 radical (unpaired) electrons. The van der Waals surface area contributed by atoms with Gasteiger partial charge in [0.2, 0.25) is 0 Å². The van der Waals surface area contributed by atoms with Gasteiger partial charge in [-0.25, -0.2) is 4.79 Å². The van der Waals surface area contributed by atoms with Gasteiger partial charge in [-0.15, -0.1) is 0 Å². The summed E-state index contributed by atoms with van der Waals surface area (Å²) in [6.07, 6.45) is 1.85. The van der Waals surface area contributed by atoms with Crippen LogP contribution in [0.5, 0.6) is 5.75 Å². The fourth-order valence-corrected chi connectivity index (χ4v) is 2.48. The zero-order valence-corrected chi connectivity index (χ0v) is 16.3. The first-order valence-corrected chi connectivity index (χ1v) is 9.25.